The van der Waals surface area contributed by atoms with Crippen molar-refractivity contribution in [1.29, 1.82) is 0 Å². The highest BCUT2D eigenvalue weighted by Gasteiger charge is 2.71. The summed E-state index contributed by atoms with van der Waals surface area (Å²) in [6.45, 7) is 6.50. The van der Waals surface area contributed by atoms with Crippen molar-refractivity contribution in [3.8, 4) is 5.69 Å². The van der Waals surface area contributed by atoms with Crippen molar-refractivity contribution in [2.24, 2.45) is 5.92 Å². The molecular weight excluding hydrogens is 539 g/mol. The van der Waals surface area contributed by atoms with Crippen molar-refractivity contribution in [2.45, 2.75) is 18.3 Å². The number of piperidine rings is 1. The summed E-state index contributed by atoms with van der Waals surface area (Å²) >= 11 is 0. The first-order valence-electron chi connectivity index (χ1n) is 15.1. The summed E-state index contributed by atoms with van der Waals surface area (Å²) in [5.74, 6) is 0.508. The van der Waals surface area contributed by atoms with E-state index in [1.54, 1.807) is 12.1 Å². The van der Waals surface area contributed by atoms with Crippen LogP contribution in [-0.2, 0) is 10.2 Å². The summed E-state index contributed by atoms with van der Waals surface area (Å²) in [5.41, 5.74) is 7.21. The maximum atomic E-state index is 14.2. The first-order chi connectivity index (χ1) is 21.0. The molecule has 2 aliphatic heterocycles. The van der Waals surface area contributed by atoms with Crippen molar-refractivity contribution in [3.05, 3.63) is 125 Å². The second-order valence-electron chi connectivity index (χ2n) is 12.1. The largest absolute Gasteiger partial charge is 0.378 e. The molecule has 0 bridgehead atoms. The van der Waals surface area contributed by atoms with E-state index < -0.39 is 0 Å². The number of amides is 1. The molecule has 3 aliphatic rings. The van der Waals surface area contributed by atoms with Gasteiger partial charge in [0, 0.05) is 48.6 Å². The highest BCUT2D eigenvalue weighted by Crippen LogP contribution is 2.70. The second kappa shape index (κ2) is 10.1. The molecule has 1 aliphatic carbocycles. The number of rotatable bonds is 5. The smallest absolute Gasteiger partial charge is 0.255 e. The number of nitrogens with zero attached hydrogens (tertiary/aromatic N) is 4. The molecule has 3 heterocycles. The lowest BCUT2D eigenvalue weighted by molar-refractivity contribution is 0.0768. The van der Waals surface area contributed by atoms with Crippen LogP contribution in [0.2, 0.25) is 0 Å². The molecule has 3 fully saturated rings. The van der Waals surface area contributed by atoms with Gasteiger partial charge in [-0.1, -0.05) is 42.5 Å². The number of likely N-dealkylation sites (tertiary alicyclic amines) is 1. The van der Waals surface area contributed by atoms with Gasteiger partial charge < -0.3 is 14.5 Å². The number of hydrogen-bond donors (Lipinski definition) is 0. The highest BCUT2D eigenvalue weighted by molar-refractivity contribution is 6.00. The third kappa shape index (κ3) is 4.17. The molecule has 0 N–H and O–H groups in total. The van der Waals surface area contributed by atoms with Gasteiger partial charge in [-0.2, -0.15) is 5.10 Å². The number of halogens is 1. The monoisotopic (exact) mass is 572 g/mol. The Bertz CT molecular complexity index is 1830. The molecule has 8 rings (SSSR count). The lowest BCUT2D eigenvalue weighted by Gasteiger charge is -2.32. The Morgan fingerprint density at radius 3 is 2.49 bits per heavy atom. The van der Waals surface area contributed by atoms with E-state index in [2.05, 4.69) is 70.4 Å². The number of carbonyl (C=O) groups excluding carboxylic acids is 1. The van der Waals surface area contributed by atoms with Crippen LogP contribution in [0.5, 0.6) is 0 Å². The number of anilines is 1. The molecule has 43 heavy (non-hydrogen) atoms. The zero-order chi connectivity index (χ0) is 29.1. The van der Waals surface area contributed by atoms with E-state index >= 15 is 0 Å². The van der Waals surface area contributed by atoms with Crippen molar-refractivity contribution >= 4 is 22.5 Å². The molecular formula is C36H33FN4O2. The zero-order valence-corrected chi connectivity index (χ0v) is 24.1. The molecule has 1 amide bonds. The number of aromatic nitrogens is 2. The van der Waals surface area contributed by atoms with Gasteiger partial charge in [0.15, 0.2) is 0 Å². The fourth-order valence-electron chi connectivity index (χ4n) is 7.79. The third-order valence-electron chi connectivity index (χ3n) is 9.80. The summed E-state index contributed by atoms with van der Waals surface area (Å²) in [6, 6.07) is 29.7. The van der Waals surface area contributed by atoms with Gasteiger partial charge in [0.2, 0.25) is 0 Å². The molecule has 0 unspecified atom stereocenters. The molecule has 1 aromatic heterocycles. The number of carbonyl (C=O) groups is 1. The van der Waals surface area contributed by atoms with Crippen molar-refractivity contribution in [1.82, 2.24) is 14.7 Å². The minimum Gasteiger partial charge on any atom is -0.378 e. The van der Waals surface area contributed by atoms with E-state index in [4.69, 9.17) is 4.74 Å². The molecule has 3 atom stereocenters. The van der Waals surface area contributed by atoms with Crippen molar-refractivity contribution in [2.75, 3.05) is 44.3 Å². The van der Waals surface area contributed by atoms with Gasteiger partial charge in [0.1, 0.15) is 5.82 Å². The zero-order valence-electron chi connectivity index (χ0n) is 24.1. The maximum absolute atomic E-state index is 14.2. The average molecular weight is 573 g/mol. The minimum atomic E-state index is -0.266. The van der Waals surface area contributed by atoms with Crippen LogP contribution in [-0.4, -0.2) is 60.0 Å². The molecule has 216 valence electrons. The minimum absolute atomic E-state index is 0.100. The van der Waals surface area contributed by atoms with Gasteiger partial charge in [0.05, 0.1) is 36.2 Å². The normalized spacial score (nSPS) is 23.0. The Labute approximate surface area is 250 Å². The topological polar surface area (TPSA) is 50.6 Å². The molecule has 1 saturated carbocycles. The summed E-state index contributed by atoms with van der Waals surface area (Å²) in [5, 5.41) is 5.71. The molecule has 2 saturated heterocycles. The number of benzene rings is 4. The average Bonchev–Trinajstić information content (AvgIpc) is 3.29. The van der Waals surface area contributed by atoms with E-state index in [0.29, 0.717) is 31.6 Å². The van der Waals surface area contributed by atoms with Crippen LogP contribution in [0.25, 0.3) is 16.6 Å². The number of hydrogen-bond acceptors (Lipinski definition) is 4. The van der Waals surface area contributed by atoms with E-state index in [1.165, 1.54) is 28.8 Å². The lowest BCUT2D eigenvalue weighted by atomic mass is 9.86. The maximum Gasteiger partial charge on any atom is 0.255 e. The molecule has 0 radical (unpaired) electrons. The van der Waals surface area contributed by atoms with Crippen molar-refractivity contribution in [3.63, 3.8) is 0 Å². The fraction of sp³-hybridized carbons (Fsp3) is 0.278. The number of fused-ring (bicyclic) bond motifs is 2. The van der Waals surface area contributed by atoms with E-state index in [1.807, 2.05) is 29.1 Å². The Hall–Kier alpha value is -4.49. The van der Waals surface area contributed by atoms with Gasteiger partial charge in [-0.15, -0.1) is 0 Å². The van der Waals surface area contributed by atoms with Gasteiger partial charge in [-0.3, -0.25) is 4.79 Å². The van der Waals surface area contributed by atoms with Crippen LogP contribution in [0.15, 0.2) is 97.2 Å². The van der Waals surface area contributed by atoms with Crippen LogP contribution in [0.3, 0.4) is 0 Å². The first kappa shape index (κ1) is 26.2. The Kier molecular flexibility index (Phi) is 6.12. The quantitative estimate of drug-likeness (QED) is 0.255. The summed E-state index contributed by atoms with van der Waals surface area (Å²) < 4.78 is 21.0. The van der Waals surface area contributed by atoms with E-state index in [0.717, 1.165) is 47.5 Å². The van der Waals surface area contributed by atoms with Gasteiger partial charge in [-0.05, 0) is 78.1 Å². The second-order valence-corrected chi connectivity index (χ2v) is 12.1. The summed E-state index contributed by atoms with van der Waals surface area (Å²) in [6.07, 6.45) is 1.89. The summed E-state index contributed by atoms with van der Waals surface area (Å²) in [7, 11) is 0. The summed E-state index contributed by atoms with van der Waals surface area (Å²) in [4.78, 5) is 18.6. The highest BCUT2D eigenvalue weighted by atomic mass is 19.1. The third-order valence-corrected chi connectivity index (χ3v) is 9.80. The lowest BCUT2D eigenvalue weighted by Crippen LogP contribution is -2.39. The Morgan fingerprint density at radius 2 is 1.70 bits per heavy atom. The molecule has 7 heteroatoms. The predicted octanol–water partition coefficient (Wildman–Crippen LogP) is 6.12. The predicted molar refractivity (Wildman–Crippen MR) is 165 cm³/mol. The SMILES string of the molecule is Cc1cc2c(cnn2-c2ccc(F)cc2)cc1[C@]12CN(C(=O)c3ccccc3N3CCOCC3)C[C@H]1[C@@H]2c1ccccc1. The molecule has 0 spiro atoms. The standard InChI is InChI=1S/C36H33FN4O2/c1-24-19-33-26(21-38-41(33)28-13-11-27(37)12-14-28)20-30(24)36-23-40(22-31(36)34(36)25-7-3-2-4-8-25)35(42)29-9-5-6-10-32(29)39-15-17-43-18-16-39/h2-14,19-21,31,34H,15-18,22-23H2,1H3/t31-,34-,36+/m0/s1. The van der Waals surface area contributed by atoms with Crippen LogP contribution >= 0.6 is 0 Å². The van der Waals surface area contributed by atoms with E-state index in [-0.39, 0.29) is 17.1 Å². The van der Waals surface area contributed by atoms with Crippen LogP contribution in [0.4, 0.5) is 10.1 Å². The van der Waals surface area contributed by atoms with Gasteiger partial charge in [0.25, 0.3) is 5.91 Å². The van der Waals surface area contributed by atoms with Crippen LogP contribution in [0.1, 0.15) is 33.0 Å². The van der Waals surface area contributed by atoms with Crippen LogP contribution in [0, 0.1) is 18.7 Å². The number of para-hydroxylation sites is 1. The fourth-order valence-corrected chi connectivity index (χ4v) is 7.79. The number of morpholine rings is 1. The number of aryl methyl sites for hydroxylation is 1. The first-order valence-corrected chi connectivity index (χ1v) is 15.1. The number of ether oxygens (including phenoxy) is 1. The molecule has 5 aromatic rings. The van der Waals surface area contributed by atoms with Gasteiger partial charge >= 0.3 is 0 Å². The Morgan fingerprint density at radius 1 is 0.953 bits per heavy atom. The van der Waals surface area contributed by atoms with Crippen molar-refractivity contribution < 1.29 is 13.9 Å². The molecule has 4 aromatic carbocycles. The molecule has 6 nitrogen and oxygen atoms in total. The van der Waals surface area contributed by atoms with Crippen LogP contribution < -0.4 is 4.90 Å². The van der Waals surface area contributed by atoms with Gasteiger partial charge in [-0.25, -0.2) is 9.07 Å². The Balaban J connectivity index is 1.17. The van der Waals surface area contributed by atoms with E-state index in [9.17, 15) is 9.18 Å².